The number of nitrogens with one attached hydrogen (secondary N) is 2. The molecule has 3 aromatic rings. The van der Waals surface area contributed by atoms with Crippen LogP contribution >= 0.6 is 0 Å². The lowest BCUT2D eigenvalue weighted by atomic mass is 10.1. The summed E-state index contributed by atoms with van der Waals surface area (Å²) in [6.07, 6.45) is 7.80. The molecule has 0 aliphatic heterocycles. The van der Waals surface area contributed by atoms with Crippen molar-refractivity contribution < 1.29 is 9.59 Å². The van der Waals surface area contributed by atoms with Gasteiger partial charge in [0.25, 0.3) is 5.91 Å². The Hall–Kier alpha value is -3.46. The largest absolute Gasteiger partial charge is 0.350 e. The third kappa shape index (κ3) is 5.20. The number of aromatic nitrogens is 4. The van der Waals surface area contributed by atoms with Gasteiger partial charge < -0.3 is 15.2 Å². The van der Waals surface area contributed by atoms with Gasteiger partial charge in [0.1, 0.15) is 6.04 Å². The summed E-state index contributed by atoms with van der Waals surface area (Å²) < 4.78 is 3.65. The van der Waals surface area contributed by atoms with Crippen LogP contribution in [0.3, 0.4) is 0 Å². The summed E-state index contributed by atoms with van der Waals surface area (Å²) in [5, 5.41) is 10.8. The van der Waals surface area contributed by atoms with Crippen LogP contribution in [-0.2, 0) is 18.4 Å². The van der Waals surface area contributed by atoms with Gasteiger partial charge in [-0.05, 0) is 45.8 Å². The molecule has 1 fully saturated rings. The summed E-state index contributed by atoms with van der Waals surface area (Å²) in [4.78, 5) is 32.3. The Morgan fingerprint density at radius 3 is 2.50 bits per heavy atom. The quantitative estimate of drug-likeness (QED) is 0.533. The zero-order valence-corrected chi connectivity index (χ0v) is 20.2. The molecule has 1 aliphatic carbocycles. The van der Waals surface area contributed by atoms with Crippen molar-refractivity contribution in [3.8, 4) is 0 Å². The molecular weight excluding hydrogens is 430 g/mol. The van der Waals surface area contributed by atoms with Crippen LogP contribution in [0.5, 0.6) is 0 Å². The van der Waals surface area contributed by atoms with Gasteiger partial charge in [-0.25, -0.2) is 4.98 Å². The molecule has 0 saturated heterocycles. The normalized spacial score (nSPS) is 18.7. The van der Waals surface area contributed by atoms with Crippen molar-refractivity contribution in [1.82, 2.24) is 34.9 Å². The molecule has 1 aromatic carbocycles. The molecule has 0 bridgehead atoms. The Labute approximate surface area is 200 Å². The van der Waals surface area contributed by atoms with Crippen molar-refractivity contribution in [3.05, 3.63) is 71.6 Å². The van der Waals surface area contributed by atoms with E-state index in [0.717, 1.165) is 30.5 Å². The SMILES string of the molecule is Cc1nn(Cc2ccccc2)cc1C(=O)N[C@@H]1CCC[C@H]1NC(=O)C(c1cncn1C)N(C)C. The molecule has 2 amide bonds. The Kier molecular flexibility index (Phi) is 7.12. The Morgan fingerprint density at radius 2 is 1.85 bits per heavy atom. The lowest BCUT2D eigenvalue weighted by Crippen LogP contribution is -2.51. The topological polar surface area (TPSA) is 97.1 Å². The summed E-state index contributed by atoms with van der Waals surface area (Å²) >= 11 is 0. The zero-order chi connectivity index (χ0) is 24.2. The minimum atomic E-state index is -0.456. The van der Waals surface area contributed by atoms with Gasteiger partial charge in [0.05, 0.1) is 36.0 Å². The molecule has 0 radical (unpaired) electrons. The number of hydrogen-bond acceptors (Lipinski definition) is 5. The third-order valence-electron chi connectivity index (χ3n) is 6.44. The van der Waals surface area contributed by atoms with Crippen molar-refractivity contribution in [2.75, 3.05) is 14.1 Å². The first kappa shape index (κ1) is 23.7. The van der Waals surface area contributed by atoms with Crippen LogP contribution in [0.2, 0.25) is 0 Å². The number of imidazole rings is 1. The maximum atomic E-state index is 13.2. The van der Waals surface area contributed by atoms with E-state index in [1.165, 1.54) is 0 Å². The fraction of sp³-hybridized carbons (Fsp3) is 0.440. The summed E-state index contributed by atoms with van der Waals surface area (Å²) in [5.41, 5.74) is 3.20. The average Bonchev–Trinajstić information content (AvgIpc) is 3.50. The Balaban J connectivity index is 1.41. The molecule has 1 saturated carbocycles. The highest BCUT2D eigenvalue weighted by Gasteiger charge is 2.34. The summed E-state index contributed by atoms with van der Waals surface area (Å²) in [7, 11) is 5.63. The van der Waals surface area contributed by atoms with Gasteiger partial charge in [-0.2, -0.15) is 5.10 Å². The average molecular weight is 464 g/mol. The van der Waals surface area contributed by atoms with Crippen molar-refractivity contribution >= 4 is 11.8 Å². The van der Waals surface area contributed by atoms with Crippen LogP contribution in [0, 0.1) is 6.92 Å². The first-order valence-electron chi connectivity index (χ1n) is 11.7. The maximum absolute atomic E-state index is 13.2. The first-order valence-corrected chi connectivity index (χ1v) is 11.7. The molecule has 1 unspecified atom stereocenters. The summed E-state index contributed by atoms with van der Waals surface area (Å²) in [6, 6.07) is 9.33. The van der Waals surface area contributed by atoms with Gasteiger partial charge in [0, 0.05) is 25.3 Å². The van der Waals surface area contributed by atoms with Gasteiger partial charge in [0.15, 0.2) is 0 Å². The molecule has 2 N–H and O–H groups in total. The molecule has 0 spiro atoms. The third-order valence-corrected chi connectivity index (χ3v) is 6.44. The van der Waals surface area contributed by atoms with Gasteiger partial charge >= 0.3 is 0 Å². The molecule has 34 heavy (non-hydrogen) atoms. The van der Waals surface area contributed by atoms with E-state index in [4.69, 9.17) is 0 Å². The van der Waals surface area contributed by atoms with E-state index in [1.54, 1.807) is 23.4 Å². The van der Waals surface area contributed by atoms with Crippen LogP contribution in [0.25, 0.3) is 0 Å². The number of carbonyl (C=O) groups excluding carboxylic acids is 2. The number of benzene rings is 1. The number of hydrogen-bond donors (Lipinski definition) is 2. The molecule has 2 aromatic heterocycles. The number of rotatable bonds is 8. The van der Waals surface area contributed by atoms with Crippen LogP contribution in [-0.4, -0.2) is 62.2 Å². The predicted octanol–water partition coefficient (Wildman–Crippen LogP) is 2.04. The lowest BCUT2D eigenvalue weighted by molar-refractivity contribution is -0.126. The fourth-order valence-electron chi connectivity index (χ4n) is 4.67. The number of amides is 2. The Bertz CT molecular complexity index is 1140. The molecule has 9 nitrogen and oxygen atoms in total. The van der Waals surface area contributed by atoms with Gasteiger partial charge in [0.2, 0.25) is 5.91 Å². The molecular formula is C25H33N7O2. The minimum absolute atomic E-state index is 0.0911. The van der Waals surface area contributed by atoms with E-state index in [0.29, 0.717) is 17.8 Å². The van der Waals surface area contributed by atoms with E-state index >= 15 is 0 Å². The number of aryl methyl sites for hydroxylation is 2. The van der Waals surface area contributed by atoms with Gasteiger partial charge in [-0.1, -0.05) is 30.3 Å². The number of likely N-dealkylation sites (N-methyl/N-ethyl adjacent to an activating group) is 1. The number of carbonyl (C=O) groups is 2. The van der Waals surface area contributed by atoms with Crippen molar-refractivity contribution in [2.45, 2.75) is 50.9 Å². The number of nitrogens with zero attached hydrogens (tertiary/aromatic N) is 5. The van der Waals surface area contributed by atoms with E-state index in [9.17, 15) is 9.59 Å². The van der Waals surface area contributed by atoms with Crippen LogP contribution in [0.15, 0.2) is 49.1 Å². The fourth-order valence-corrected chi connectivity index (χ4v) is 4.67. The van der Waals surface area contributed by atoms with Gasteiger partial charge in [-0.15, -0.1) is 0 Å². The minimum Gasteiger partial charge on any atom is -0.350 e. The van der Waals surface area contributed by atoms with Crippen molar-refractivity contribution in [1.29, 1.82) is 0 Å². The highest BCUT2D eigenvalue weighted by molar-refractivity contribution is 5.95. The summed E-state index contributed by atoms with van der Waals surface area (Å²) in [5.74, 6) is -0.245. The van der Waals surface area contributed by atoms with Crippen molar-refractivity contribution in [2.24, 2.45) is 7.05 Å². The second-order valence-corrected chi connectivity index (χ2v) is 9.23. The molecule has 4 rings (SSSR count). The molecule has 3 atom stereocenters. The monoisotopic (exact) mass is 463 g/mol. The smallest absolute Gasteiger partial charge is 0.255 e. The zero-order valence-electron chi connectivity index (χ0n) is 20.2. The molecule has 1 aliphatic rings. The van der Waals surface area contributed by atoms with Gasteiger partial charge in [-0.3, -0.25) is 19.2 Å². The summed E-state index contributed by atoms with van der Waals surface area (Å²) in [6.45, 7) is 2.46. The predicted molar refractivity (Wildman–Crippen MR) is 129 cm³/mol. The van der Waals surface area contributed by atoms with E-state index in [2.05, 4.69) is 20.7 Å². The highest BCUT2D eigenvalue weighted by Crippen LogP contribution is 2.23. The highest BCUT2D eigenvalue weighted by atomic mass is 16.2. The van der Waals surface area contributed by atoms with Crippen molar-refractivity contribution in [3.63, 3.8) is 0 Å². The van der Waals surface area contributed by atoms with Crippen LogP contribution in [0.4, 0.5) is 0 Å². The standard InChI is InChI=1S/C25H33N7O2/c1-17-19(15-32(29-17)14-18-9-6-5-7-10-18)24(33)27-20-11-8-12-21(20)28-25(34)23(30(2)3)22-13-26-16-31(22)4/h5-7,9-10,13,15-16,20-21,23H,8,11-12,14H2,1-4H3,(H,27,33)(H,28,34)/t20-,21-,23?/m1/s1. The second kappa shape index (κ2) is 10.2. The van der Waals surface area contributed by atoms with E-state index in [-0.39, 0.29) is 23.9 Å². The maximum Gasteiger partial charge on any atom is 0.255 e. The van der Waals surface area contributed by atoms with Crippen LogP contribution in [0.1, 0.15) is 52.6 Å². The molecule has 2 heterocycles. The molecule has 180 valence electrons. The van der Waals surface area contributed by atoms with Crippen LogP contribution < -0.4 is 10.6 Å². The van der Waals surface area contributed by atoms with E-state index < -0.39 is 6.04 Å². The second-order valence-electron chi connectivity index (χ2n) is 9.23. The van der Waals surface area contributed by atoms with E-state index in [1.807, 2.05) is 67.9 Å². The first-order chi connectivity index (χ1) is 16.3. The molecule has 9 heteroatoms. The Morgan fingerprint density at radius 1 is 1.15 bits per heavy atom. The lowest BCUT2D eigenvalue weighted by Gasteiger charge is -2.28.